The predicted octanol–water partition coefficient (Wildman–Crippen LogP) is 11.3. The SMILES string of the molecule is Cc1cccc(C)n1.Cc1ccn(C)n1.Cc1ccn(C)n1.Cc1ccnc(C)n1.Cc1ccnc(C)n1.Cc1cncc(C)n1.Cc1cnn(C)c1.Cc1cnn(C)c1.Cc1coc(C)n1.Cc1ncn(C)n1.Cc1ncn(C)n1.Cc1ncnc(C)n1.Cc1noc(C)n1.Cc1noc(C)n1. The van der Waals surface area contributed by atoms with Crippen LogP contribution in [-0.2, 0) is 42.3 Å². The maximum Gasteiger partial charge on any atom is 0.223 e. The van der Waals surface area contributed by atoms with Crippen molar-refractivity contribution in [1.29, 1.82) is 0 Å². The normalized spacial score (nSPS) is 9.36. The number of aryl methyl sites for hydroxylation is 28. The van der Waals surface area contributed by atoms with E-state index >= 15 is 0 Å². The first-order chi connectivity index (χ1) is 48.5. The lowest BCUT2D eigenvalue weighted by atomic mass is 10.3. The molecule has 0 aliphatic carbocycles. The zero-order valence-corrected chi connectivity index (χ0v) is 65.3. The largest absolute Gasteiger partial charge is 0.449 e. The Bertz CT molecular complexity index is 3440. The van der Waals surface area contributed by atoms with Crippen LogP contribution in [-0.4, -0.2) is 144 Å². The van der Waals surface area contributed by atoms with E-state index in [9.17, 15) is 0 Å². The van der Waals surface area contributed by atoms with Crippen molar-refractivity contribution in [3.63, 3.8) is 0 Å². The van der Waals surface area contributed by atoms with Gasteiger partial charge in [-0.2, -0.15) is 40.6 Å². The van der Waals surface area contributed by atoms with Crippen LogP contribution in [0.15, 0.2) is 143 Å². The molecule has 0 amide bonds. The van der Waals surface area contributed by atoms with Gasteiger partial charge in [0, 0.05) is 135 Å². The number of pyridine rings is 1. The minimum atomic E-state index is 0.623. The van der Waals surface area contributed by atoms with Gasteiger partial charge in [-0.3, -0.25) is 43.0 Å². The van der Waals surface area contributed by atoms with Crippen molar-refractivity contribution in [2.75, 3.05) is 0 Å². The first kappa shape index (κ1) is 89.0. The van der Waals surface area contributed by atoms with Gasteiger partial charge in [-0.05, 0) is 179 Å². The van der Waals surface area contributed by atoms with Crippen molar-refractivity contribution in [2.24, 2.45) is 42.3 Å². The van der Waals surface area contributed by atoms with Gasteiger partial charge in [-0.15, -0.1) is 0 Å². The quantitative estimate of drug-likeness (QED) is 0.136. The summed E-state index contributed by atoms with van der Waals surface area (Å²) in [5.41, 5.74) is 11.7. The predicted molar refractivity (Wildman–Crippen MR) is 394 cm³/mol. The molecule has 0 saturated heterocycles. The molecule has 0 radical (unpaired) electrons. The molecule has 14 aromatic heterocycles. The fraction of sp³-hybridized carbons (Fsp3) is 0.394. The maximum atomic E-state index is 4.85. The zero-order valence-electron chi connectivity index (χ0n) is 65.3. The van der Waals surface area contributed by atoms with Gasteiger partial charge < -0.3 is 13.5 Å². The second-order valence-corrected chi connectivity index (χ2v) is 22.6. The van der Waals surface area contributed by atoms with Crippen LogP contribution in [0.3, 0.4) is 0 Å². The Morgan fingerprint density at radius 2 is 0.680 bits per heavy atom. The van der Waals surface area contributed by atoms with E-state index in [0.29, 0.717) is 23.4 Å². The molecule has 0 fully saturated rings. The number of rotatable bonds is 0. The maximum absolute atomic E-state index is 4.85. The Hall–Kier alpha value is -12.0. The molecule has 32 nitrogen and oxygen atoms in total. The highest BCUT2D eigenvalue weighted by Gasteiger charge is 1.94. The zero-order chi connectivity index (χ0) is 77.4. The summed E-state index contributed by atoms with van der Waals surface area (Å²) in [6.07, 6.45) is 25.0. The summed E-state index contributed by atoms with van der Waals surface area (Å²) >= 11 is 0. The first-order valence-corrected chi connectivity index (χ1v) is 32.2. The van der Waals surface area contributed by atoms with Crippen LogP contribution in [0.1, 0.15) is 127 Å². The van der Waals surface area contributed by atoms with Crippen molar-refractivity contribution in [2.45, 2.75) is 152 Å². The highest BCUT2D eigenvalue weighted by Crippen LogP contribution is 1.98. The molecule has 0 spiro atoms. The van der Waals surface area contributed by atoms with Crippen LogP contribution < -0.4 is 0 Å². The number of oxazole rings is 1. The molecule has 0 aliphatic rings. The first-order valence-electron chi connectivity index (χ1n) is 32.2. The third-order valence-corrected chi connectivity index (χ3v) is 11.3. The van der Waals surface area contributed by atoms with Crippen molar-refractivity contribution in [3.05, 3.63) is 256 Å². The molecule has 103 heavy (non-hydrogen) atoms. The fourth-order valence-corrected chi connectivity index (χ4v) is 7.22. The molecule has 14 heterocycles. The van der Waals surface area contributed by atoms with Crippen LogP contribution in [0.25, 0.3) is 0 Å². The fourth-order valence-electron chi connectivity index (χ4n) is 7.22. The lowest BCUT2D eigenvalue weighted by molar-refractivity contribution is 0.389. The highest BCUT2D eigenvalue weighted by atomic mass is 16.5. The molecule has 0 aromatic carbocycles. The van der Waals surface area contributed by atoms with E-state index in [1.807, 2.05) is 247 Å². The molecule has 0 bridgehead atoms. The summed E-state index contributed by atoms with van der Waals surface area (Å²) in [4.78, 5) is 59.1. The summed E-state index contributed by atoms with van der Waals surface area (Å²) in [7, 11) is 11.3. The number of aromatic nitrogens is 29. The standard InChI is InChI=1S/C7H9N.3C6H8N2.C5H7N3.4C5H8N2.C5H7NO.2C4H7N3.2C4H6N2O/c1-6-4-3-5-7(2)8-6;1-5-3-7-4-6(2)8-5;2*1-5-3-4-7-6(2)8-5;1-4-6-3-7-5(2)8-4;2*1-5-3-6-7(2)4-5;2*1-5-3-4-7(2)6-5;1-4-3-7-5(2)6-4;2*1-4-5-3-7(2)6-4;2*1-3-5-4(2)7-6-3/h3-5H,1-2H3;3*3-4H,1-2H3;3H,1-2H3;4*3-4H,1-2H3;3*3H,1-2H3;2*1-2H3. The monoisotopic (exact) mass is 1410 g/mol. The molecule has 0 unspecified atom stereocenters. The molecule has 0 saturated carbocycles. The summed E-state index contributed by atoms with van der Waals surface area (Å²) in [5.74, 6) is 8.23. The van der Waals surface area contributed by atoms with Gasteiger partial charge >= 0.3 is 0 Å². The van der Waals surface area contributed by atoms with Crippen LogP contribution in [0.5, 0.6) is 0 Å². The van der Waals surface area contributed by atoms with Crippen LogP contribution in [0.4, 0.5) is 0 Å². The molecule has 552 valence electrons. The van der Waals surface area contributed by atoms with E-state index in [1.165, 1.54) is 17.5 Å². The van der Waals surface area contributed by atoms with Crippen molar-refractivity contribution >= 4 is 0 Å². The summed E-state index contributed by atoms with van der Waals surface area (Å²) < 4.78 is 24.6. The topological polar surface area (TPSA) is 365 Å². The number of hydrogen-bond acceptors (Lipinski definition) is 26. The molecule has 14 rings (SSSR count). The van der Waals surface area contributed by atoms with E-state index in [-0.39, 0.29) is 0 Å². The van der Waals surface area contributed by atoms with Crippen LogP contribution in [0, 0.1) is 152 Å². The van der Waals surface area contributed by atoms with Gasteiger partial charge in [-0.25, -0.2) is 49.8 Å². The van der Waals surface area contributed by atoms with E-state index in [1.54, 1.807) is 99.5 Å². The van der Waals surface area contributed by atoms with Crippen molar-refractivity contribution in [1.82, 2.24) is 144 Å². The Morgan fingerprint density at radius 3 is 0.816 bits per heavy atom. The molecule has 14 aromatic rings. The molecular formula is C71H105N29O3. The van der Waals surface area contributed by atoms with Crippen LogP contribution in [0.2, 0.25) is 0 Å². The Labute approximate surface area is 605 Å². The number of hydrogen-bond donors (Lipinski definition) is 0. The molecule has 0 aliphatic heterocycles. The number of nitrogens with zero attached hydrogens (tertiary/aromatic N) is 29. The minimum Gasteiger partial charge on any atom is -0.449 e. The van der Waals surface area contributed by atoms with Gasteiger partial charge in [0.25, 0.3) is 0 Å². The van der Waals surface area contributed by atoms with Crippen LogP contribution >= 0.6 is 0 Å². The molecular weight excluding hydrogens is 1310 g/mol. The van der Waals surface area contributed by atoms with Gasteiger partial charge in [-0.1, -0.05) is 16.4 Å². The third kappa shape index (κ3) is 49.2. The van der Waals surface area contributed by atoms with E-state index < -0.39 is 0 Å². The second kappa shape index (κ2) is 50.4. The van der Waals surface area contributed by atoms with Crippen molar-refractivity contribution < 1.29 is 13.5 Å². The van der Waals surface area contributed by atoms with E-state index in [4.69, 9.17) is 4.42 Å². The summed E-state index contributed by atoms with van der Waals surface area (Å²) in [6.45, 7) is 41.7. The third-order valence-electron chi connectivity index (χ3n) is 11.3. The lowest BCUT2D eigenvalue weighted by Crippen LogP contribution is -1.91. The lowest BCUT2D eigenvalue weighted by Gasteiger charge is -1.90. The Kier molecular flexibility index (Phi) is 43.5. The summed E-state index contributed by atoms with van der Waals surface area (Å²) in [6, 6.07) is 13.7. The van der Waals surface area contributed by atoms with Gasteiger partial charge in [0.1, 0.15) is 60.2 Å². The van der Waals surface area contributed by atoms with Gasteiger partial charge in [0.15, 0.2) is 17.5 Å². The second-order valence-electron chi connectivity index (χ2n) is 22.6. The van der Waals surface area contributed by atoms with E-state index in [2.05, 4.69) is 125 Å². The van der Waals surface area contributed by atoms with Gasteiger partial charge in [0.2, 0.25) is 11.8 Å². The highest BCUT2D eigenvalue weighted by molar-refractivity contribution is 5.08. The van der Waals surface area contributed by atoms with Crippen molar-refractivity contribution in [3.8, 4) is 0 Å². The Morgan fingerprint density at radius 1 is 0.291 bits per heavy atom. The average molecular weight is 1410 g/mol. The summed E-state index contributed by atoms with van der Waals surface area (Å²) in [5, 5.41) is 30.8. The Balaban J connectivity index is 0.000000555. The van der Waals surface area contributed by atoms with E-state index in [0.717, 1.165) is 92.1 Å². The smallest absolute Gasteiger partial charge is 0.223 e. The average Bonchev–Trinajstić information content (AvgIpc) is 1.97. The molecule has 0 atom stereocenters. The minimum absolute atomic E-state index is 0.623. The molecule has 0 N–H and O–H groups in total. The molecule has 32 heteroatoms. The van der Waals surface area contributed by atoms with Gasteiger partial charge in [0.05, 0.1) is 40.9 Å².